The van der Waals surface area contributed by atoms with Crippen molar-refractivity contribution < 1.29 is 19.6 Å². The topological polar surface area (TPSA) is 105 Å². The van der Waals surface area contributed by atoms with Gasteiger partial charge in [-0.2, -0.15) is 0 Å². The monoisotopic (exact) mass is 391 g/mol. The molecule has 0 aromatic heterocycles. The lowest BCUT2D eigenvalue weighted by molar-refractivity contribution is -0.385. The van der Waals surface area contributed by atoms with E-state index < -0.39 is 22.5 Å². The standard InChI is InChI=1S/C21H17N3O5/c1-29-15-9-7-14(8-10-15)23-20(13-6-11-19(25)18(12-13)24(27)28)22-17-5-3-2-4-16(17)21(23)26/h2-12,20,22,25H,1H3/t20-/m0/s1. The summed E-state index contributed by atoms with van der Waals surface area (Å²) in [5, 5.41) is 24.3. The van der Waals surface area contributed by atoms with Crippen molar-refractivity contribution in [3.8, 4) is 11.5 Å². The molecule has 4 rings (SSSR count). The summed E-state index contributed by atoms with van der Waals surface area (Å²) in [4.78, 5) is 25.5. The third kappa shape index (κ3) is 3.20. The minimum absolute atomic E-state index is 0.245. The number of phenols is 1. The Labute approximate surface area is 166 Å². The van der Waals surface area contributed by atoms with E-state index in [-0.39, 0.29) is 5.91 Å². The number of phenolic OH excluding ortho intramolecular Hbond substituents is 1. The van der Waals surface area contributed by atoms with Crippen molar-refractivity contribution in [3.63, 3.8) is 0 Å². The molecule has 29 heavy (non-hydrogen) atoms. The zero-order valence-electron chi connectivity index (χ0n) is 15.4. The van der Waals surface area contributed by atoms with Crippen LogP contribution in [0.15, 0.2) is 66.7 Å². The quantitative estimate of drug-likeness (QED) is 0.513. The van der Waals surface area contributed by atoms with E-state index in [1.807, 2.05) is 0 Å². The van der Waals surface area contributed by atoms with E-state index in [0.29, 0.717) is 28.3 Å². The van der Waals surface area contributed by atoms with Gasteiger partial charge in [-0.25, -0.2) is 0 Å². The Morgan fingerprint density at radius 2 is 1.83 bits per heavy atom. The first-order valence-electron chi connectivity index (χ1n) is 8.80. The fourth-order valence-electron chi connectivity index (χ4n) is 3.35. The van der Waals surface area contributed by atoms with Gasteiger partial charge in [0.1, 0.15) is 11.9 Å². The first-order valence-corrected chi connectivity index (χ1v) is 8.80. The summed E-state index contributed by atoms with van der Waals surface area (Å²) in [5.74, 6) is -0.0362. The van der Waals surface area contributed by atoms with Gasteiger partial charge in [0.05, 0.1) is 17.6 Å². The Morgan fingerprint density at radius 3 is 2.52 bits per heavy atom. The number of fused-ring (bicyclic) bond motifs is 1. The van der Waals surface area contributed by atoms with Crippen molar-refractivity contribution in [2.45, 2.75) is 6.17 Å². The average Bonchev–Trinajstić information content (AvgIpc) is 2.74. The number of nitrogens with one attached hydrogen (secondary N) is 1. The van der Waals surface area contributed by atoms with E-state index in [1.165, 1.54) is 17.0 Å². The van der Waals surface area contributed by atoms with Gasteiger partial charge in [-0.15, -0.1) is 0 Å². The number of anilines is 2. The fraction of sp³-hybridized carbons (Fsp3) is 0.0952. The third-order valence-corrected chi connectivity index (χ3v) is 4.79. The highest BCUT2D eigenvalue weighted by Crippen LogP contribution is 2.39. The van der Waals surface area contributed by atoms with Crippen molar-refractivity contribution in [1.29, 1.82) is 0 Å². The molecular weight excluding hydrogens is 374 g/mol. The summed E-state index contributed by atoms with van der Waals surface area (Å²) in [6.45, 7) is 0. The second-order valence-corrected chi connectivity index (χ2v) is 6.47. The van der Waals surface area contributed by atoms with E-state index in [9.17, 15) is 20.0 Å². The molecule has 146 valence electrons. The van der Waals surface area contributed by atoms with Gasteiger partial charge in [-0.3, -0.25) is 19.8 Å². The number of aromatic hydroxyl groups is 1. The number of ether oxygens (including phenoxy) is 1. The zero-order chi connectivity index (χ0) is 20.5. The number of methoxy groups -OCH3 is 1. The van der Waals surface area contributed by atoms with Crippen molar-refractivity contribution in [2.75, 3.05) is 17.3 Å². The maximum absolute atomic E-state index is 13.3. The number of carbonyl (C=O) groups is 1. The van der Waals surface area contributed by atoms with Gasteiger partial charge in [0.2, 0.25) is 0 Å². The van der Waals surface area contributed by atoms with Crippen molar-refractivity contribution >= 4 is 23.0 Å². The zero-order valence-corrected chi connectivity index (χ0v) is 15.4. The predicted octanol–water partition coefficient (Wildman–Crippen LogP) is 4.08. The van der Waals surface area contributed by atoms with E-state index in [4.69, 9.17) is 4.74 Å². The molecule has 3 aromatic rings. The molecule has 0 fully saturated rings. The molecule has 0 unspecified atom stereocenters. The summed E-state index contributed by atoms with van der Waals surface area (Å²) in [6, 6.07) is 18.1. The molecule has 8 nitrogen and oxygen atoms in total. The van der Waals surface area contributed by atoms with Crippen LogP contribution in [0.3, 0.4) is 0 Å². The molecule has 0 radical (unpaired) electrons. The Balaban J connectivity index is 1.86. The van der Waals surface area contributed by atoms with Crippen LogP contribution in [0.2, 0.25) is 0 Å². The minimum atomic E-state index is -0.704. The van der Waals surface area contributed by atoms with Crippen molar-refractivity contribution in [3.05, 3.63) is 88.0 Å². The molecule has 3 aromatic carbocycles. The number of nitro groups is 1. The van der Waals surface area contributed by atoms with Gasteiger partial charge in [0.15, 0.2) is 5.75 Å². The molecule has 1 aliphatic rings. The molecular formula is C21H17N3O5. The van der Waals surface area contributed by atoms with Gasteiger partial charge in [-0.05, 0) is 42.5 Å². The van der Waals surface area contributed by atoms with E-state index in [1.54, 1.807) is 61.7 Å². The lowest BCUT2D eigenvalue weighted by Crippen LogP contribution is -2.43. The van der Waals surface area contributed by atoms with Crippen LogP contribution in [0, 0.1) is 10.1 Å². The van der Waals surface area contributed by atoms with Crippen LogP contribution >= 0.6 is 0 Å². The number of nitrogens with zero attached hydrogens (tertiary/aromatic N) is 2. The first kappa shape index (κ1) is 18.3. The maximum Gasteiger partial charge on any atom is 0.311 e. The number of rotatable bonds is 4. The van der Waals surface area contributed by atoms with Gasteiger partial charge in [-0.1, -0.05) is 18.2 Å². The van der Waals surface area contributed by atoms with Crippen LogP contribution < -0.4 is 15.0 Å². The largest absolute Gasteiger partial charge is 0.502 e. The number of hydrogen-bond donors (Lipinski definition) is 2. The molecule has 0 saturated carbocycles. The third-order valence-electron chi connectivity index (χ3n) is 4.79. The lowest BCUT2D eigenvalue weighted by atomic mass is 10.0. The highest BCUT2D eigenvalue weighted by Gasteiger charge is 2.35. The number of amides is 1. The molecule has 1 heterocycles. The molecule has 0 aliphatic carbocycles. The van der Waals surface area contributed by atoms with Gasteiger partial charge >= 0.3 is 5.69 Å². The summed E-state index contributed by atoms with van der Waals surface area (Å²) < 4.78 is 5.18. The summed E-state index contributed by atoms with van der Waals surface area (Å²) in [7, 11) is 1.55. The Hall–Kier alpha value is -4.07. The first-order chi connectivity index (χ1) is 14.0. The second kappa shape index (κ2) is 7.16. The number of benzene rings is 3. The molecule has 0 bridgehead atoms. The molecule has 1 amide bonds. The van der Waals surface area contributed by atoms with Crippen LogP contribution in [0.4, 0.5) is 17.1 Å². The molecule has 1 atom stereocenters. The van der Waals surface area contributed by atoms with Crippen LogP contribution in [-0.4, -0.2) is 23.0 Å². The second-order valence-electron chi connectivity index (χ2n) is 6.47. The smallest absolute Gasteiger partial charge is 0.311 e. The number of nitro benzene ring substituents is 1. The number of para-hydroxylation sites is 1. The maximum atomic E-state index is 13.3. The Morgan fingerprint density at radius 1 is 1.10 bits per heavy atom. The molecule has 8 heteroatoms. The highest BCUT2D eigenvalue weighted by molar-refractivity contribution is 6.12. The Kier molecular flexibility index (Phi) is 4.52. The van der Waals surface area contributed by atoms with Crippen LogP contribution in [-0.2, 0) is 0 Å². The highest BCUT2D eigenvalue weighted by atomic mass is 16.6. The lowest BCUT2D eigenvalue weighted by Gasteiger charge is -2.38. The van der Waals surface area contributed by atoms with Crippen molar-refractivity contribution in [1.82, 2.24) is 0 Å². The van der Waals surface area contributed by atoms with Crippen molar-refractivity contribution in [2.24, 2.45) is 0 Å². The summed E-state index contributed by atoms with van der Waals surface area (Å²) in [6.07, 6.45) is -0.704. The normalized spacial score (nSPS) is 15.4. The molecule has 1 aliphatic heterocycles. The van der Waals surface area contributed by atoms with Crippen LogP contribution in [0.25, 0.3) is 0 Å². The Bertz CT molecular complexity index is 1100. The van der Waals surface area contributed by atoms with Gasteiger partial charge in [0.25, 0.3) is 5.91 Å². The van der Waals surface area contributed by atoms with Crippen LogP contribution in [0.1, 0.15) is 22.1 Å². The van der Waals surface area contributed by atoms with E-state index >= 15 is 0 Å². The SMILES string of the molecule is COc1ccc(N2C(=O)c3ccccc3N[C@@H]2c2ccc(O)c([N+](=O)[O-])c2)cc1. The van der Waals surface area contributed by atoms with Gasteiger partial charge < -0.3 is 15.2 Å². The van der Waals surface area contributed by atoms with Crippen LogP contribution in [0.5, 0.6) is 11.5 Å². The number of carbonyl (C=O) groups excluding carboxylic acids is 1. The molecule has 0 spiro atoms. The average molecular weight is 391 g/mol. The van der Waals surface area contributed by atoms with E-state index in [2.05, 4.69) is 5.32 Å². The molecule has 0 saturated heterocycles. The summed E-state index contributed by atoms with van der Waals surface area (Å²) in [5.41, 5.74) is 1.76. The fourth-order valence-corrected chi connectivity index (χ4v) is 3.35. The predicted molar refractivity (Wildman–Crippen MR) is 107 cm³/mol. The number of hydrogen-bond acceptors (Lipinski definition) is 6. The minimum Gasteiger partial charge on any atom is -0.502 e. The summed E-state index contributed by atoms with van der Waals surface area (Å²) >= 11 is 0. The molecule has 2 N–H and O–H groups in total. The van der Waals surface area contributed by atoms with Gasteiger partial charge in [0, 0.05) is 23.0 Å². The van der Waals surface area contributed by atoms with E-state index in [0.717, 1.165) is 0 Å².